The van der Waals surface area contributed by atoms with E-state index < -0.39 is 0 Å². The zero-order valence-corrected chi connectivity index (χ0v) is 15.1. The number of nitrogens with one attached hydrogen (secondary N) is 1. The fourth-order valence-corrected chi connectivity index (χ4v) is 1.38. The summed E-state index contributed by atoms with van der Waals surface area (Å²) in [6.45, 7) is 21.9. The first-order chi connectivity index (χ1) is 8.67. The Kier molecular flexibility index (Phi) is 22.1. The van der Waals surface area contributed by atoms with Gasteiger partial charge in [-0.25, -0.2) is 0 Å². The van der Waals surface area contributed by atoms with Gasteiger partial charge in [-0.15, -0.1) is 0 Å². The molecule has 0 spiro atoms. The lowest BCUT2D eigenvalue weighted by Crippen LogP contribution is -2.29. The van der Waals surface area contributed by atoms with Crippen molar-refractivity contribution in [1.82, 2.24) is 5.32 Å². The van der Waals surface area contributed by atoms with Gasteiger partial charge < -0.3 is 10.1 Å². The first kappa shape index (κ1) is 23.7. The molecule has 1 N–H and O–H groups in total. The minimum Gasteiger partial charge on any atom is -0.379 e. The molecule has 0 heterocycles. The summed E-state index contributed by atoms with van der Waals surface area (Å²) in [5, 5.41) is 3.31. The van der Waals surface area contributed by atoms with Crippen LogP contribution in [0.4, 0.5) is 0 Å². The average Bonchev–Trinajstić information content (AvgIpc) is 2.15. The molecule has 0 fully saturated rings. The summed E-state index contributed by atoms with van der Waals surface area (Å²) in [6.07, 6.45) is 4.64. The van der Waals surface area contributed by atoms with Gasteiger partial charge in [-0.2, -0.15) is 0 Å². The second-order valence-electron chi connectivity index (χ2n) is 5.75. The maximum Gasteiger partial charge on any atom is 0.0518 e. The predicted octanol–water partition coefficient (Wildman–Crippen LogP) is 5.04. The molecule has 0 rings (SSSR count). The lowest BCUT2D eigenvalue weighted by molar-refractivity contribution is 0.0899. The van der Waals surface area contributed by atoms with Crippen molar-refractivity contribution in [3.63, 3.8) is 0 Å². The highest BCUT2D eigenvalue weighted by molar-refractivity contribution is 4.79. The van der Waals surface area contributed by atoms with Crippen LogP contribution >= 0.6 is 0 Å². The lowest BCUT2D eigenvalue weighted by atomic mass is 10.2. The van der Waals surface area contributed by atoms with Crippen LogP contribution in [0.2, 0.25) is 0 Å². The van der Waals surface area contributed by atoms with Crippen molar-refractivity contribution in [2.45, 2.75) is 87.4 Å². The predicted molar refractivity (Wildman–Crippen MR) is 89.8 cm³/mol. The maximum absolute atomic E-state index is 5.04. The van der Waals surface area contributed by atoms with Crippen molar-refractivity contribution >= 4 is 0 Å². The Morgan fingerprint density at radius 3 is 1.32 bits per heavy atom. The van der Waals surface area contributed by atoms with E-state index in [-0.39, 0.29) is 0 Å². The van der Waals surface area contributed by atoms with Gasteiger partial charge >= 0.3 is 0 Å². The van der Waals surface area contributed by atoms with E-state index in [1.807, 2.05) is 27.7 Å². The van der Waals surface area contributed by atoms with Crippen LogP contribution in [-0.4, -0.2) is 24.8 Å². The lowest BCUT2D eigenvalue weighted by Gasteiger charge is -2.10. The topological polar surface area (TPSA) is 21.3 Å². The molecule has 0 aromatic heterocycles. The molecule has 0 aromatic rings. The van der Waals surface area contributed by atoms with Gasteiger partial charge in [0.25, 0.3) is 0 Å². The van der Waals surface area contributed by atoms with Crippen molar-refractivity contribution in [1.29, 1.82) is 0 Å². The van der Waals surface area contributed by atoms with Crippen molar-refractivity contribution in [2.75, 3.05) is 6.61 Å². The molecule has 0 aromatic carbocycles. The summed E-state index contributed by atoms with van der Waals surface area (Å²) in [4.78, 5) is 0. The number of rotatable bonds is 5. The fraction of sp³-hybridized carbons (Fsp3) is 0.882. The van der Waals surface area contributed by atoms with E-state index in [0.717, 1.165) is 12.5 Å². The Bertz CT molecular complexity index is 166. The van der Waals surface area contributed by atoms with Gasteiger partial charge in [-0.05, 0) is 33.6 Å². The van der Waals surface area contributed by atoms with Crippen molar-refractivity contribution in [3.8, 4) is 0 Å². The Balaban J connectivity index is -0.000000203. The molecule has 0 aliphatic rings. The number of ether oxygens (including phenoxy) is 1. The van der Waals surface area contributed by atoms with E-state index >= 15 is 0 Å². The van der Waals surface area contributed by atoms with E-state index in [1.165, 1.54) is 0 Å². The highest BCUT2D eigenvalue weighted by Crippen LogP contribution is 1.90. The van der Waals surface area contributed by atoms with Gasteiger partial charge in [0.15, 0.2) is 0 Å². The summed E-state index contributed by atoms with van der Waals surface area (Å²) >= 11 is 0. The molecule has 0 saturated heterocycles. The summed E-state index contributed by atoms with van der Waals surface area (Å²) < 4.78 is 5.04. The molecule has 0 amide bonds. The largest absolute Gasteiger partial charge is 0.379 e. The molecule has 2 heteroatoms. The molecular formula is C17H39NO. The summed E-state index contributed by atoms with van der Waals surface area (Å²) in [6, 6.07) is 1.25. The van der Waals surface area contributed by atoms with E-state index in [2.05, 4.69) is 59.0 Å². The summed E-state index contributed by atoms with van der Waals surface area (Å²) in [5.74, 6) is 0.718. The first-order valence-electron chi connectivity index (χ1n) is 7.67. The van der Waals surface area contributed by atoms with Crippen LogP contribution in [-0.2, 0) is 4.74 Å². The first-order valence-corrected chi connectivity index (χ1v) is 7.67. The zero-order valence-electron chi connectivity index (χ0n) is 15.1. The fourth-order valence-electron chi connectivity index (χ4n) is 1.38. The molecule has 0 saturated carbocycles. The van der Waals surface area contributed by atoms with Gasteiger partial charge in [-0.3, -0.25) is 0 Å². The Morgan fingerprint density at radius 2 is 1.32 bits per heavy atom. The van der Waals surface area contributed by atoms with Crippen LogP contribution in [0.3, 0.4) is 0 Å². The maximum atomic E-state index is 5.04. The van der Waals surface area contributed by atoms with E-state index in [0.29, 0.717) is 18.2 Å². The number of hydrogen-bond acceptors (Lipinski definition) is 2. The molecule has 2 nitrogen and oxygen atoms in total. The van der Waals surface area contributed by atoms with Crippen LogP contribution in [0.25, 0.3) is 0 Å². The highest BCUT2D eigenvalue weighted by Gasteiger charge is 1.92. The quantitative estimate of drug-likeness (QED) is 0.708. The van der Waals surface area contributed by atoms with Gasteiger partial charge in [0.2, 0.25) is 0 Å². The zero-order chi connectivity index (χ0) is 15.8. The van der Waals surface area contributed by atoms with Crippen LogP contribution in [0.15, 0.2) is 12.2 Å². The summed E-state index contributed by atoms with van der Waals surface area (Å²) in [5.41, 5.74) is 0. The molecule has 0 radical (unpaired) electrons. The third-order valence-corrected chi connectivity index (χ3v) is 1.74. The Hall–Kier alpha value is -0.340. The van der Waals surface area contributed by atoms with E-state index in [9.17, 15) is 0 Å². The molecule has 0 aliphatic heterocycles. The standard InChI is InChI=1S/C6H15N.C6H12.C5H12O/c1-5(2)7-6(3)4;1-4-5-6(2)3;1-4-6-5(2)3/h5-7H,1-4H3;4-6H,1-3H3;5H,4H2,1-3H3. The minimum atomic E-state index is 0.398. The van der Waals surface area contributed by atoms with Crippen LogP contribution < -0.4 is 5.32 Å². The molecule has 0 unspecified atom stereocenters. The van der Waals surface area contributed by atoms with Crippen molar-refractivity contribution < 1.29 is 4.74 Å². The molecule has 0 atom stereocenters. The van der Waals surface area contributed by atoms with Gasteiger partial charge in [-0.1, -0.05) is 53.7 Å². The average molecular weight is 274 g/mol. The second-order valence-corrected chi connectivity index (χ2v) is 5.75. The van der Waals surface area contributed by atoms with Crippen molar-refractivity contribution in [3.05, 3.63) is 12.2 Å². The third-order valence-electron chi connectivity index (χ3n) is 1.74. The molecule has 118 valence electrons. The molecule has 0 bridgehead atoms. The molecular weight excluding hydrogens is 234 g/mol. The Labute approximate surface area is 123 Å². The molecule has 19 heavy (non-hydrogen) atoms. The minimum absolute atomic E-state index is 0.398. The van der Waals surface area contributed by atoms with Crippen LogP contribution in [0.1, 0.15) is 69.2 Å². The summed E-state index contributed by atoms with van der Waals surface area (Å²) in [7, 11) is 0. The third kappa shape index (κ3) is 46.4. The van der Waals surface area contributed by atoms with Crippen LogP contribution in [0, 0.1) is 5.92 Å². The van der Waals surface area contributed by atoms with Gasteiger partial charge in [0, 0.05) is 18.7 Å². The smallest absolute Gasteiger partial charge is 0.0518 e. The van der Waals surface area contributed by atoms with Crippen LogP contribution in [0.5, 0.6) is 0 Å². The van der Waals surface area contributed by atoms with Gasteiger partial charge in [0.1, 0.15) is 0 Å². The monoisotopic (exact) mass is 273 g/mol. The van der Waals surface area contributed by atoms with E-state index in [4.69, 9.17) is 4.74 Å². The number of allylic oxidation sites excluding steroid dienone is 2. The van der Waals surface area contributed by atoms with E-state index in [1.54, 1.807) is 0 Å². The second kappa shape index (κ2) is 17.7. The normalized spacial score (nSPS) is 10.8. The van der Waals surface area contributed by atoms with Crippen molar-refractivity contribution in [2.24, 2.45) is 5.92 Å². The SMILES string of the molecule is CC(C)NC(C)C.CC=CC(C)C.CCOC(C)C. The number of hydrogen-bond donors (Lipinski definition) is 1. The highest BCUT2D eigenvalue weighted by atomic mass is 16.5. The molecule has 0 aliphatic carbocycles. The van der Waals surface area contributed by atoms with Gasteiger partial charge in [0.05, 0.1) is 6.10 Å². The Morgan fingerprint density at radius 1 is 0.895 bits per heavy atom.